The monoisotopic (exact) mass is 465 g/mol. The number of hydrogen-bond donors (Lipinski definition) is 1. The van der Waals surface area contributed by atoms with E-state index in [-0.39, 0.29) is 10.6 Å². The van der Waals surface area contributed by atoms with E-state index in [4.69, 9.17) is 0 Å². The Hall–Kier alpha value is -3.60. The smallest absolute Gasteiger partial charge is 0.324 e. The van der Waals surface area contributed by atoms with Crippen LogP contribution in [0, 0.1) is 0 Å². The highest BCUT2D eigenvalue weighted by molar-refractivity contribution is 7.92. The zero-order chi connectivity index (χ0) is 23.5. The predicted molar refractivity (Wildman–Crippen MR) is 113 cm³/mol. The molecule has 0 fully saturated rings. The topological polar surface area (TPSA) is 88.5 Å². The molecule has 0 saturated heterocycles. The molecule has 0 aliphatic carbocycles. The van der Waals surface area contributed by atoms with Crippen LogP contribution in [0.15, 0.2) is 82.6 Å². The fourth-order valence-electron chi connectivity index (χ4n) is 2.85. The van der Waals surface area contributed by atoms with Crippen molar-refractivity contribution in [2.45, 2.75) is 17.6 Å². The number of hydrogen-bond acceptors (Lipinski definition) is 4. The number of rotatable bonds is 6. The zero-order valence-electron chi connectivity index (χ0n) is 16.7. The first kappa shape index (κ1) is 23.1. The molecule has 168 valence electrons. The van der Waals surface area contributed by atoms with E-state index in [0.717, 1.165) is 10.4 Å². The summed E-state index contributed by atoms with van der Waals surface area (Å²) in [4.78, 5) is 24.0. The van der Waals surface area contributed by atoms with Crippen molar-refractivity contribution in [2.75, 3.05) is 16.7 Å². The summed E-state index contributed by atoms with van der Waals surface area (Å²) >= 11 is 0. The first-order valence-electron chi connectivity index (χ1n) is 9.20. The highest BCUT2D eigenvalue weighted by Crippen LogP contribution is 2.28. The van der Waals surface area contributed by atoms with Crippen molar-refractivity contribution in [3.63, 3.8) is 0 Å². The molecule has 1 aromatic heterocycles. The van der Waals surface area contributed by atoms with Crippen molar-refractivity contribution >= 4 is 27.3 Å². The number of amides is 1. The summed E-state index contributed by atoms with van der Waals surface area (Å²) in [6, 6.07) is 15.1. The molecule has 0 saturated carbocycles. The van der Waals surface area contributed by atoms with Gasteiger partial charge in [-0.3, -0.25) is 13.9 Å². The van der Waals surface area contributed by atoms with Gasteiger partial charge in [-0.2, -0.15) is 13.2 Å². The summed E-state index contributed by atoms with van der Waals surface area (Å²) < 4.78 is 66.1. The first-order valence-corrected chi connectivity index (χ1v) is 10.6. The molecule has 0 unspecified atom stereocenters. The number of anilines is 2. The quantitative estimate of drug-likeness (QED) is 0.605. The van der Waals surface area contributed by atoms with Crippen molar-refractivity contribution in [2.24, 2.45) is 0 Å². The second kappa shape index (κ2) is 8.87. The van der Waals surface area contributed by atoms with Crippen molar-refractivity contribution in [1.82, 2.24) is 4.57 Å². The minimum absolute atomic E-state index is 0.0992. The Kier molecular flexibility index (Phi) is 6.40. The predicted octanol–water partition coefficient (Wildman–Crippen LogP) is 3.33. The number of carbonyl (C=O) groups is 1. The molecule has 32 heavy (non-hydrogen) atoms. The van der Waals surface area contributed by atoms with Crippen molar-refractivity contribution in [1.29, 1.82) is 0 Å². The van der Waals surface area contributed by atoms with Crippen LogP contribution in [0.5, 0.6) is 0 Å². The molecule has 0 atom stereocenters. The molecule has 0 radical (unpaired) electrons. The first-order chi connectivity index (χ1) is 15.0. The van der Waals surface area contributed by atoms with E-state index in [9.17, 15) is 31.2 Å². The van der Waals surface area contributed by atoms with E-state index in [1.165, 1.54) is 31.3 Å². The van der Waals surface area contributed by atoms with Gasteiger partial charge in [0.15, 0.2) is 0 Å². The summed E-state index contributed by atoms with van der Waals surface area (Å²) in [7, 11) is -2.55. The van der Waals surface area contributed by atoms with Gasteiger partial charge in [0.05, 0.1) is 16.1 Å². The third kappa shape index (κ3) is 5.17. The fourth-order valence-corrected chi connectivity index (χ4v) is 4.09. The van der Waals surface area contributed by atoms with E-state index < -0.39 is 39.8 Å². The van der Waals surface area contributed by atoms with E-state index in [0.29, 0.717) is 22.5 Å². The summed E-state index contributed by atoms with van der Waals surface area (Å²) in [5.41, 5.74) is -1.31. The zero-order valence-corrected chi connectivity index (χ0v) is 17.5. The van der Waals surface area contributed by atoms with Gasteiger partial charge in [0.2, 0.25) is 5.91 Å². The highest BCUT2D eigenvalue weighted by Gasteiger charge is 2.31. The maximum absolute atomic E-state index is 12.9. The standard InChI is InChI=1S/C21H18F3N3O4S/c1-26(17-7-3-2-4-8-17)32(30,31)18-9-5-6-16(12-18)25-19(28)14-27-13-15(21(22,23)24)10-11-20(27)29/h2-13H,14H2,1H3,(H,25,28). The second-order valence-corrected chi connectivity index (χ2v) is 8.74. The lowest BCUT2D eigenvalue weighted by Gasteiger charge is -2.20. The number of para-hydroxylation sites is 1. The Morgan fingerprint density at radius 2 is 1.72 bits per heavy atom. The third-order valence-electron chi connectivity index (χ3n) is 4.52. The average Bonchev–Trinajstić information content (AvgIpc) is 2.74. The summed E-state index contributed by atoms with van der Waals surface area (Å²) in [6.07, 6.45) is -4.11. The van der Waals surface area contributed by atoms with E-state index >= 15 is 0 Å². The summed E-state index contributed by atoms with van der Waals surface area (Å²) in [5.74, 6) is -0.794. The summed E-state index contributed by atoms with van der Waals surface area (Å²) in [5, 5.41) is 2.40. The van der Waals surface area contributed by atoms with Crippen LogP contribution in [0.25, 0.3) is 0 Å². The van der Waals surface area contributed by atoms with Crippen LogP contribution in [-0.4, -0.2) is 25.9 Å². The number of aromatic nitrogens is 1. The van der Waals surface area contributed by atoms with Crippen LogP contribution in [0.2, 0.25) is 0 Å². The van der Waals surface area contributed by atoms with Gasteiger partial charge in [-0.1, -0.05) is 24.3 Å². The normalized spacial score (nSPS) is 11.8. The van der Waals surface area contributed by atoms with Crippen LogP contribution in [0.1, 0.15) is 5.56 Å². The number of carbonyl (C=O) groups excluding carboxylic acids is 1. The Labute approximate surface area is 181 Å². The number of sulfonamides is 1. The maximum atomic E-state index is 12.9. The number of alkyl halides is 3. The largest absolute Gasteiger partial charge is 0.417 e. The van der Waals surface area contributed by atoms with Crippen LogP contribution in [0.3, 0.4) is 0 Å². The second-order valence-electron chi connectivity index (χ2n) is 6.77. The highest BCUT2D eigenvalue weighted by atomic mass is 32.2. The molecule has 1 N–H and O–H groups in total. The van der Waals surface area contributed by atoms with E-state index in [2.05, 4.69) is 5.32 Å². The summed E-state index contributed by atoms with van der Waals surface area (Å²) in [6.45, 7) is -0.677. The van der Waals surface area contributed by atoms with Gasteiger partial charge in [-0.05, 0) is 36.4 Å². The molecular weight excluding hydrogens is 447 g/mol. The van der Waals surface area contributed by atoms with Gasteiger partial charge < -0.3 is 9.88 Å². The molecule has 7 nitrogen and oxygen atoms in total. The van der Waals surface area contributed by atoms with Gasteiger partial charge in [0, 0.05) is 25.0 Å². The van der Waals surface area contributed by atoms with Crippen LogP contribution >= 0.6 is 0 Å². The van der Waals surface area contributed by atoms with Gasteiger partial charge in [0.25, 0.3) is 15.6 Å². The Bertz CT molecular complexity index is 1290. The molecule has 2 aromatic carbocycles. The minimum atomic E-state index is -4.67. The number of pyridine rings is 1. The average molecular weight is 465 g/mol. The van der Waals surface area contributed by atoms with Crippen molar-refractivity contribution in [3.05, 3.63) is 88.8 Å². The molecule has 0 aliphatic heterocycles. The SMILES string of the molecule is CN(c1ccccc1)S(=O)(=O)c1cccc(NC(=O)Cn2cc(C(F)(F)F)ccc2=O)c1. The number of nitrogens with zero attached hydrogens (tertiary/aromatic N) is 2. The lowest BCUT2D eigenvalue weighted by atomic mass is 10.2. The van der Waals surface area contributed by atoms with Gasteiger partial charge in [0.1, 0.15) is 6.54 Å². The van der Waals surface area contributed by atoms with Crippen LogP contribution in [-0.2, 0) is 27.5 Å². The van der Waals surface area contributed by atoms with Gasteiger partial charge in [-0.15, -0.1) is 0 Å². The third-order valence-corrected chi connectivity index (χ3v) is 6.30. The van der Waals surface area contributed by atoms with Gasteiger partial charge >= 0.3 is 6.18 Å². The lowest BCUT2D eigenvalue weighted by Crippen LogP contribution is -2.28. The minimum Gasteiger partial charge on any atom is -0.324 e. The molecule has 3 rings (SSSR count). The van der Waals surface area contributed by atoms with E-state index in [1.54, 1.807) is 30.3 Å². The van der Waals surface area contributed by atoms with Crippen molar-refractivity contribution < 1.29 is 26.4 Å². The van der Waals surface area contributed by atoms with Crippen LogP contribution in [0.4, 0.5) is 24.5 Å². The number of benzene rings is 2. The molecule has 0 aliphatic rings. The Morgan fingerprint density at radius 3 is 2.38 bits per heavy atom. The maximum Gasteiger partial charge on any atom is 0.417 e. The Morgan fingerprint density at radius 1 is 1.03 bits per heavy atom. The number of halogens is 3. The fraction of sp³-hybridized carbons (Fsp3) is 0.143. The molecule has 0 spiro atoms. The Balaban J connectivity index is 1.79. The van der Waals surface area contributed by atoms with E-state index in [1.807, 2.05) is 0 Å². The molecular formula is C21H18F3N3O4S. The lowest BCUT2D eigenvalue weighted by molar-refractivity contribution is -0.138. The molecule has 0 bridgehead atoms. The molecule has 3 aromatic rings. The van der Waals surface area contributed by atoms with Crippen molar-refractivity contribution in [3.8, 4) is 0 Å². The number of nitrogens with one attached hydrogen (secondary N) is 1. The molecule has 1 heterocycles. The molecule has 11 heteroatoms. The van der Waals surface area contributed by atoms with Gasteiger partial charge in [-0.25, -0.2) is 8.42 Å². The van der Waals surface area contributed by atoms with Crippen LogP contribution < -0.4 is 15.2 Å². The molecule has 1 amide bonds.